The number of piperidine rings is 1. The fourth-order valence-electron chi connectivity index (χ4n) is 3.16. The summed E-state index contributed by atoms with van der Waals surface area (Å²) in [5.74, 6) is 0.229. The first kappa shape index (κ1) is 21.0. The fraction of sp³-hybridized carbons (Fsp3) is 0.389. The summed E-state index contributed by atoms with van der Waals surface area (Å²) in [6, 6.07) is 7.54. The summed E-state index contributed by atoms with van der Waals surface area (Å²) in [6.07, 6.45) is 2.58. The number of nitrogens with one attached hydrogen (secondary N) is 3. The van der Waals surface area contributed by atoms with Crippen LogP contribution < -0.4 is 26.2 Å². The Bertz CT molecular complexity index is 1010. The number of hydrogen-bond donors (Lipinski definition) is 4. The lowest BCUT2D eigenvalue weighted by atomic mass is 9.96. The number of rotatable bonds is 7. The molecule has 29 heavy (non-hydrogen) atoms. The second-order valence-electron chi connectivity index (χ2n) is 6.73. The van der Waals surface area contributed by atoms with Crippen LogP contribution in [0.4, 0.5) is 11.5 Å². The summed E-state index contributed by atoms with van der Waals surface area (Å²) in [7, 11) is -3.67. The number of aromatic nitrogens is 2. The normalized spacial score (nSPS) is 15.3. The molecule has 3 rings (SSSR count). The van der Waals surface area contributed by atoms with Gasteiger partial charge in [-0.15, -0.1) is 0 Å². The van der Waals surface area contributed by atoms with Gasteiger partial charge in [-0.1, -0.05) is 6.07 Å². The molecule has 11 heteroatoms. The van der Waals surface area contributed by atoms with E-state index >= 15 is 0 Å². The van der Waals surface area contributed by atoms with Crippen molar-refractivity contribution in [3.05, 3.63) is 47.0 Å². The van der Waals surface area contributed by atoms with Crippen LogP contribution in [-0.2, 0) is 14.8 Å². The molecule has 0 aliphatic carbocycles. The van der Waals surface area contributed by atoms with Crippen molar-refractivity contribution in [1.29, 1.82) is 0 Å². The van der Waals surface area contributed by atoms with E-state index in [-0.39, 0.29) is 35.4 Å². The van der Waals surface area contributed by atoms with Gasteiger partial charge in [0.2, 0.25) is 15.9 Å². The number of amides is 1. The van der Waals surface area contributed by atoms with Crippen molar-refractivity contribution in [2.24, 2.45) is 11.7 Å². The molecule has 2 heterocycles. The molecule has 1 aromatic heterocycles. The standard InChI is InChI=1S/C18H24N6O4S/c19-6-7-22-29(27,28)15-3-1-2-14(10-15)23-18(26)13-4-8-24(9-5-13)16-11-17(25)21-12-20-16/h1-3,10-13,22H,4-9,19H2,(H,23,26)(H,20,21,25). The minimum atomic E-state index is -3.67. The molecule has 5 N–H and O–H groups in total. The molecule has 0 atom stereocenters. The van der Waals surface area contributed by atoms with Gasteiger partial charge in [0.25, 0.3) is 5.56 Å². The second-order valence-corrected chi connectivity index (χ2v) is 8.50. The zero-order valence-electron chi connectivity index (χ0n) is 15.8. The quantitative estimate of drug-likeness (QED) is 0.487. The monoisotopic (exact) mass is 420 g/mol. The zero-order valence-corrected chi connectivity index (χ0v) is 16.6. The van der Waals surface area contributed by atoms with Gasteiger partial charge in [0, 0.05) is 43.9 Å². The number of hydrogen-bond acceptors (Lipinski definition) is 7. The molecule has 1 fully saturated rings. The molecule has 1 aliphatic heterocycles. The third-order valence-electron chi connectivity index (χ3n) is 4.70. The summed E-state index contributed by atoms with van der Waals surface area (Å²) in [5.41, 5.74) is 5.54. The van der Waals surface area contributed by atoms with Gasteiger partial charge in [0.1, 0.15) is 5.82 Å². The van der Waals surface area contributed by atoms with Crippen LogP contribution in [0.15, 0.2) is 46.3 Å². The van der Waals surface area contributed by atoms with Gasteiger partial charge in [-0.3, -0.25) is 9.59 Å². The van der Waals surface area contributed by atoms with Crippen LogP contribution in [-0.4, -0.2) is 50.5 Å². The van der Waals surface area contributed by atoms with E-state index in [0.717, 1.165) is 0 Å². The van der Waals surface area contributed by atoms with Gasteiger partial charge in [0.05, 0.1) is 11.2 Å². The van der Waals surface area contributed by atoms with Gasteiger partial charge in [-0.05, 0) is 31.0 Å². The minimum Gasteiger partial charge on any atom is -0.356 e. The topological polar surface area (TPSA) is 150 Å². The third-order valence-corrected chi connectivity index (χ3v) is 6.16. The molecular formula is C18H24N6O4S. The van der Waals surface area contributed by atoms with Gasteiger partial charge in [0.15, 0.2) is 0 Å². The maximum atomic E-state index is 12.6. The van der Waals surface area contributed by atoms with Crippen molar-refractivity contribution in [2.45, 2.75) is 17.7 Å². The number of carbonyl (C=O) groups excluding carboxylic acids is 1. The number of anilines is 2. The van der Waals surface area contributed by atoms with Crippen molar-refractivity contribution < 1.29 is 13.2 Å². The van der Waals surface area contributed by atoms with Gasteiger partial charge < -0.3 is 20.9 Å². The molecule has 0 bridgehead atoms. The molecule has 0 unspecified atom stereocenters. The molecule has 1 amide bonds. The molecule has 0 radical (unpaired) electrons. The van der Waals surface area contributed by atoms with Crippen molar-refractivity contribution >= 4 is 27.4 Å². The third kappa shape index (κ3) is 5.40. The molecule has 1 aromatic carbocycles. The molecule has 0 saturated carbocycles. The largest absolute Gasteiger partial charge is 0.356 e. The van der Waals surface area contributed by atoms with E-state index in [9.17, 15) is 18.0 Å². The molecular weight excluding hydrogens is 396 g/mol. The average molecular weight is 420 g/mol. The average Bonchev–Trinajstić information content (AvgIpc) is 2.72. The Labute approximate surface area is 168 Å². The van der Waals surface area contributed by atoms with Crippen LogP contribution in [0, 0.1) is 5.92 Å². The lowest BCUT2D eigenvalue weighted by Gasteiger charge is -2.31. The Morgan fingerprint density at radius 2 is 2.03 bits per heavy atom. The first-order valence-electron chi connectivity index (χ1n) is 9.29. The number of sulfonamides is 1. The Hall–Kier alpha value is -2.76. The van der Waals surface area contributed by atoms with Crippen LogP contribution in [0.2, 0.25) is 0 Å². The fourth-order valence-corrected chi connectivity index (χ4v) is 4.26. The summed E-state index contributed by atoms with van der Waals surface area (Å²) >= 11 is 0. The Balaban J connectivity index is 1.60. The van der Waals surface area contributed by atoms with E-state index in [4.69, 9.17) is 5.73 Å². The molecule has 2 aromatic rings. The van der Waals surface area contributed by atoms with Gasteiger partial charge >= 0.3 is 0 Å². The van der Waals surface area contributed by atoms with Crippen LogP contribution in [0.3, 0.4) is 0 Å². The van der Waals surface area contributed by atoms with Crippen LogP contribution >= 0.6 is 0 Å². The minimum absolute atomic E-state index is 0.0685. The molecule has 1 aliphatic rings. The zero-order chi connectivity index (χ0) is 20.9. The lowest BCUT2D eigenvalue weighted by Crippen LogP contribution is -2.39. The van der Waals surface area contributed by atoms with E-state index < -0.39 is 10.0 Å². The van der Waals surface area contributed by atoms with E-state index in [2.05, 4.69) is 20.0 Å². The van der Waals surface area contributed by atoms with E-state index in [1.807, 2.05) is 4.90 Å². The Kier molecular flexibility index (Phi) is 6.62. The summed E-state index contributed by atoms with van der Waals surface area (Å²) in [6.45, 7) is 1.54. The lowest BCUT2D eigenvalue weighted by molar-refractivity contribution is -0.120. The van der Waals surface area contributed by atoms with Crippen molar-refractivity contribution in [1.82, 2.24) is 14.7 Å². The maximum Gasteiger partial charge on any atom is 0.252 e. The number of aromatic amines is 1. The van der Waals surface area contributed by atoms with Gasteiger partial charge in [-0.25, -0.2) is 18.1 Å². The highest BCUT2D eigenvalue weighted by molar-refractivity contribution is 7.89. The van der Waals surface area contributed by atoms with Crippen molar-refractivity contribution in [2.75, 3.05) is 36.4 Å². The summed E-state index contributed by atoms with van der Waals surface area (Å²) in [5, 5.41) is 2.80. The SMILES string of the molecule is NCCNS(=O)(=O)c1cccc(NC(=O)C2CCN(c3cc(=O)[nH]cn3)CC2)c1. The summed E-state index contributed by atoms with van der Waals surface area (Å²) in [4.78, 5) is 32.7. The Morgan fingerprint density at radius 1 is 1.28 bits per heavy atom. The number of nitrogens with two attached hydrogens (primary N) is 1. The van der Waals surface area contributed by atoms with Crippen LogP contribution in [0.1, 0.15) is 12.8 Å². The smallest absolute Gasteiger partial charge is 0.252 e. The number of benzene rings is 1. The first-order chi connectivity index (χ1) is 13.9. The first-order valence-corrected chi connectivity index (χ1v) is 10.8. The van der Waals surface area contributed by atoms with Crippen molar-refractivity contribution in [3.63, 3.8) is 0 Å². The highest BCUT2D eigenvalue weighted by Gasteiger charge is 2.26. The maximum absolute atomic E-state index is 12.6. The van der Waals surface area contributed by atoms with Crippen LogP contribution in [0.25, 0.3) is 0 Å². The number of carbonyl (C=O) groups is 1. The van der Waals surface area contributed by atoms with E-state index in [0.29, 0.717) is 37.4 Å². The molecule has 0 spiro atoms. The molecule has 10 nitrogen and oxygen atoms in total. The predicted octanol–water partition coefficient (Wildman–Crippen LogP) is -0.138. The van der Waals surface area contributed by atoms with Gasteiger partial charge in [-0.2, -0.15) is 0 Å². The second kappa shape index (κ2) is 9.16. The molecule has 156 valence electrons. The predicted molar refractivity (Wildman–Crippen MR) is 109 cm³/mol. The number of H-pyrrole nitrogens is 1. The van der Waals surface area contributed by atoms with E-state index in [1.54, 1.807) is 12.1 Å². The summed E-state index contributed by atoms with van der Waals surface area (Å²) < 4.78 is 26.8. The van der Waals surface area contributed by atoms with Crippen LogP contribution in [0.5, 0.6) is 0 Å². The Morgan fingerprint density at radius 3 is 2.72 bits per heavy atom. The highest BCUT2D eigenvalue weighted by Crippen LogP contribution is 2.23. The highest BCUT2D eigenvalue weighted by atomic mass is 32.2. The molecule has 1 saturated heterocycles. The van der Waals surface area contributed by atoms with E-state index in [1.165, 1.54) is 24.5 Å². The van der Waals surface area contributed by atoms with Crippen molar-refractivity contribution in [3.8, 4) is 0 Å². The number of nitrogens with zero attached hydrogens (tertiary/aromatic N) is 2.